The van der Waals surface area contributed by atoms with Gasteiger partial charge in [-0.25, -0.2) is 0 Å². The highest BCUT2D eigenvalue weighted by molar-refractivity contribution is 5.30. The van der Waals surface area contributed by atoms with E-state index in [9.17, 15) is 5.11 Å². The highest BCUT2D eigenvalue weighted by atomic mass is 16.3. The van der Waals surface area contributed by atoms with E-state index in [0.717, 1.165) is 12.8 Å². The average molecular weight is 268 g/mol. The topological polar surface area (TPSA) is 20.2 Å². The van der Waals surface area contributed by atoms with E-state index in [0.29, 0.717) is 11.7 Å². The van der Waals surface area contributed by atoms with Gasteiger partial charge >= 0.3 is 0 Å². The van der Waals surface area contributed by atoms with E-state index < -0.39 is 0 Å². The van der Waals surface area contributed by atoms with Gasteiger partial charge in [0.25, 0.3) is 0 Å². The molecule has 0 bridgehead atoms. The van der Waals surface area contributed by atoms with Crippen LogP contribution in [0.1, 0.15) is 35.6 Å². The molecular weight excluding hydrogens is 244 g/mol. The van der Waals surface area contributed by atoms with Gasteiger partial charge in [-0.1, -0.05) is 37.3 Å². The van der Waals surface area contributed by atoms with Crippen LogP contribution >= 0.6 is 0 Å². The van der Waals surface area contributed by atoms with E-state index in [1.165, 1.54) is 28.7 Å². The summed E-state index contributed by atoms with van der Waals surface area (Å²) in [5.41, 5.74) is 5.49. The maximum absolute atomic E-state index is 9.28. The predicted octanol–water partition coefficient (Wildman–Crippen LogP) is 4.82. The minimum Gasteiger partial charge on any atom is -0.508 e. The zero-order valence-electron chi connectivity index (χ0n) is 12.7. The lowest BCUT2D eigenvalue weighted by molar-refractivity contribution is 0.474. The van der Waals surface area contributed by atoms with Crippen LogP contribution in [0.3, 0.4) is 0 Å². The van der Waals surface area contributed by atoms with Crippen molar-refractivity contribution in [3.8, 4) is 5.75 Å². The fourth-order valence-corrected chi connectivity index (χ4v) is 2.51. The molecule has 1 unspecified atom stereocenters. The first-order chi connectivity index (χ1) is 9.54. The zero-order chi connectivity index (χ0) is 14.5. The van der Waals surface area contributed by atoms with Gasteiger partial charge in [0.15, 0.2) is 0 Å². The summed E-state index contributed by atoms with van der Waals surface area (Å²) < 4.78 is 0. The van der Waals surface area contributed by atoms with Crippen LogP contribution in [0.15, 0.2) is 42.5 Å². The van der Waals surface area contributed by atoms with Crippen LogP contribution in [0.25, 0.3) is 0 Å². The Labute approximate surface area is 122 Å². The molecule has 0 saturated carbocycles. The lowest BCUT2D eigenvalue weighted by atomic mass is 9.93. The van der Waals surface area contributed by atoms with Crippen molar-refractivity contribution < 1.29 is 5.11 Å². The molecule has 0 aliphatic heterocycles. The number of benzene rings is 2. The number of aromatic hydroxyl groups is 1. The molecule has 2 aromatic rings. The maximum Gasteiger partial charge on any atom is 0.115 e. The summed E-state index contributed by atoms with van der Waals surface area (Å²) >= 11 is 0. The number of hydrogen-bond donors (Lipinski definition) is 1. The van der Waals surface area contributed by atoms with E-state index in [4.69, 9.17) is 0 Å². The molecule has 1 heteroatoms. The Morgan fingerprint density at radius 2 is 1.55 bits per heavy atom. The van der Waals surface area contributed by atoms with Gasteiger partial charge in [0.1, 0.15) is 5.75 Å². The van der Waals surface area contributed by atoms with Crippen molar-refractivity contribution in [3.63, 3.8) is 0 Å². The lowest BCUT2D eigenvalue weighted by Gasteiger charge is -2.13. The van der Waals surface area contributed by atoms with Gasteiger partial charge in [0.05, 0.1) is 0 Å². The predicted molar refractivity (Wildman–Crippen MR) is 85.2 cm³/mol. The molecule has 20 heavy (non-hydrogen) atoms. The van der Waals surface area contributed by atoms with Crippen LogP contribution < -0.4 is 0 Å². The van der Waals surface area contributed by atoms with Gasteiger partial charge < -0.3 is 5.11 Å². The van der Waals surface area contributed by atoms with Crippen LogP contribution in [0.2, 0.25) is 0 Å². The third-order valence-corrected chi connectivity index (χ3v) is 4.02. The molecule has 2 rings (SSSR count). The highest BCUT2D eigenvalue weighted by Gasteiger charge is 2.05. The number of phenolic OH excluding ortho intramolecular Hbond substituents is 1. The Morgan fingerprint density at radius 3 is 2.20 bits per heavy atom. The van der Waals surface area contributed by atoms with Crippen molar-refractivity contribution in [3.05, 3.63) is 64.7 Å². The summed E-state index contributed by atoms with van der Waals surface area (Å²) in [6.07, 6.45) is 3.39. The Hall–Kier alpha value is -1.76. The van der Waals surface area contributed by atoms with Crippen molar-refractivity contribution in [1.29, 1.82) is 0 Å². The second-order valence-electron chi connectivity index (χ2n) is 5.93. The molecule has 1 nitrogen and oxygen atoms in total. The van der Waals surface area contributed by atoms with E-state index in [1.54, 1.807) is 12.1 Å². The standard InChI is InChI=1S/C19H24O/c1-14(4-6-17-8-10-19(20)11-9-17)12-18-7-5-15(2)16(3)13-18/h5,7-11,13-14,20H,4,6,12H2,1-3H3. The minimum absolute atomic E-state index is 0.344. The van der Waals surface area contributed by atoms with Crippen molar-refractivity contribution in [2.75, 3.05) is 0 Å². The smallest absolute Gasteiger partial charge is 0.115 e. The molecular formula is C19H24O. The SMILES string of the molecule is Cc1ccc(CC(C)CCc2ccc(O)cc2)cc1C. The Morgan fingerprint density at radius 1 is 0.900 bits per heavy atom. The van der Waals surface area contributed by atoms with E-state index in [-0.39, 0.29) is 0 Å². The molecule has 0 aliphatic rings. The number of aryl methyl sites for hydroxylation is 3. The van der Waals surface area contributed by atoms with Crippen molar-refractivity contribution in [1.82, 2.24) is 0 Å². The molecule has 0 radical (unpaired) electrons. The normalized spacial score (nSPS) is 12.3. The molecule has 1 N–H and O–H groups in total. The first kappa shape index (κ1) is 14.6. The van der Waals surface area contributed by atoms with Gasteiger partial charge in [-0.05, 0) is 73.4 Å². The monoisotopic (exact) mass is 268 g/mol. The molecule has 0 amide bonds. The molecule has 2 aromatic carbocycles. The first-order valence-corrected chi connectivity index (χ1v) is 7.38. The molecule has 0 aliphatic carbocycles. The Bertz CT molecular complexity index is 554. The minimum atomic E-state index is 0.344. The first-order valence-electron chi connectivity index (χ1n) is 7.38. The number of rotatable bonds is 5. The van der Waals surface area contributed by atoms with Crippen molar-refractivity contribution >= 4 is 0 Å². The van der Waals surface area contributed by atoms with Crippen LogP contribution in [0.4, 0.5) is 0 Å². The quantitative estimate of drug-likeness (QED) is 0.824. The third kappa shape index (κ3) is 4.12. The third-order valence-electron chi connectivity index (χ3n) is 4.02. The van der Waals surface area contributed by atoms with Gasteiger partial charge in [-0.3, -0.25) is 0 Å². The van der Waals surface area contributed by atoms with Gasteiger partial charge in [0, 0.05) is 0 Å². The largest absolute Gasteiger partial charge is 0.508 e. The average Bonchev–Trinajstić information content (AvgIpc) is 2.42. The second kappa shape index (κ2) is 6.60. The molecule has 0 aromatic heterocycles. The summed E-state index contributed by atoms with van der Waals surface area (Å²) in [7, 11) is 0. The number of phenols is 1. The Balaban J connectivity index is 1.87. The van der Waals surface area contributed by atoms with E-state index in [1.807, 2.05) is 12.1 Å². The van der Waals surface area contributed by atoms with Crippen molar-refractivity contribution in [2.45, 2.75) is 40.0 Å². The second-order valence-corrected chi connectivity index (χ2v) is 5.93. The molecule has 0 heterocycles. The summed E-state index contributed by atoms with van der Waals surface area (Å²) in [6, 6.07) is 14.3. The van der Waals surface area contributed by atoms with E-state index >= 15 is 0 Å². The van der Waals surface area contributed by atoms with Crippen LogP contribution in [-0.2, 0) is 12.8 Å². The van der Waals surface area contributed by atoms with E-state index in [2.05, 4.69) is 39.0 Å². The molecule has 0 saturated heterocycles. The van der Waals surface area contributed by atoms with Gasteiger partial charge in [-0.2, -0.15) is 0 Å². The van der Waals surface area contributed by atoms with Crippen LogP contribution in [0.5, 0.6) is 5.75 Å². The number of hydrogen-bond acceptors (Lipinski definition) is 1. The maximum atomic E-state index is 9.28. The summed E-state index contributed by atoms with van der Waals surface area (Å²) in [4.78, 5) is 0. The highest BCUT2D eigenvalue weighted by Crippen LogP contribution is 2.18. The van der Waals surface area contributed by atoms with Crippen molar-refractivity contribution in [2.24, 2.45) is 5.92 Å². The van der Waals surface area contributed by atoms with Crippen LogP contribution in [-0.4, -0.2) is 5.11 Å². The summed E-state index contributed by atoms with van der Waals surface area (Å²) in [6.45, 7) is 6.66. The fraction of sp³-hybridized carbons (Fsp3) is 0.368. The lowest BCUT2D eigenvalue weighted by Crippen LogP contribution is -2.02. The zero-order valence-corrected chi connectivity index (χ0v) is 12.7. The molecule has 106 valence electrons. The molecule has 0 fully saturated rings. The fourth-order valence-electron chi connectivity index (χ4n) is 2.51. The molecule has 0 spiro atoms. The Kier molecular flexibility index (Phi) is 4.84. The van der Waals surface area contributed by atoms with Crippen LogP contribution in [0, 0.1) is 19.8 Å². The molecule has 1 atom stereocenters. The summed E-state index contributed by atoms with van der Waals surface area (Å²) in [5.74, 6) is 1.02. The summed E-state index contributed by atoms with van der Waals surface area (Å²) in [5, 5.41) is 9.28. The van der Waals surface area contributed by atoms with Gasteiger partial charge in [-0.15, -0.1) is 0 Å². The van der Waals surface area contributed by atoms with Gasteiger partial charge in [0.2, 0.25) is 0 Å².